The first-order valence-electron chi connectivity index (χ1n) is 23.5. The summed E-state index contributed by atoms with van der Waals surface area (Å²) < 4.78 is 0. The van der Waals surface area contributed by atoms with Crippen molar-refractivity contribution in [3.8, 4) is 33.5 Å². The molecule has 2 fully saturated rings. The van der Waals surface area contributed by atoms with Crippen LogP contribution in [-0.2, 0) is 0 Å². The van der Waals surface area contributed by atoms with Gasteiger partial charge >= 0.3 is 0 Å². The third-order valence-corrected chi connectivity index (χ3v) is 14.7. The number of anilines is 6. The summed E-state index contributed by atoms with van der Waals surface area (Å²) in [5.74, 6) is 1.18. The minimum Gasteiger partial charge on any atom is -0.311 e. The number of pyridine rings is 1. The predicted octanol–water partition coefficient (Wildman–Crippen LogP) is 14.3. The van der Waals surface area contributed by atoms with E-state index in [9.17, 15) is 0 Å². The molecule has 2 aliphatic heterocycles. The summed E-state index contributed by atoms with van der Waals surface area (Å²) in [6, 6.07) is 66.4. The van der Waals surface area contributed by atoms with Gasteiger partial charge in [-0.1, -0.05) is 154 Å². The minimum atomic E-state index is 0.0679. The molecular formula is C59H52BN3. The zero-order valence-electron chi connectivity index (χ0n) is 36.0. The van der Waals surface area contributed by atoms with Gasteiger partial charge in [0.05, 0.1) is 5.69 Å². The number of hydrogen-bond acceptors (Lipinski definition) is 3. The van der Waals surface area contributed by atoms with Crippen LogP contribution >= 0.6 is 0 Å². The zero-order valence-corrected chi connectivity index (χ0v) is 36.0. The van der Waals surface area contributed by atoms with Crippen molar-refractivity contribution in [2.24, 2.45) is 0 Å². The lowest BCUT2D eigenvalue weighted by molar-refractivity contribution is 0.444. The van der Waals surface area contributed by atoms with Gasteiger partial charge in [-0.25, -0.2) is 0 Å². The SMILES string of the molecule is c1ccc(-c2ccc(N3c4cc(C5CCCCC5)ccc4B4c5ccc(C6CCCCC6)cc5N(c5ccc(-c6ccccc6)cc5)c5cc(-c6ccccn6)cc3c54)cc2)cc1. The van der Waals surface area contributed by atoms with Gasteiger partial charge in [0.2, 0.25) is 0 Å². The standard InChI is InChI=1S/C59H52BN3/c1-5-15-41(16-6-1)45-24-30-50(31-25-45)62-55-37-47(43-19-9-3-10-20-43)28-34-52(55)60-53-35-29-48(44-21-11-4-12-22-44)38-56(53)63(51-32-26-46(27-33-51)42-17-7-2-8-18-42)58-40-49(39-57(62)59(58)60)54-23-13-14-36-61-54/h1-2,5-8,13-18,23-40,43-44H,3-4,9-12,19-22H2. The maximum Gasteiger partial charge on any atom is 0.252 e. The fourth-order valence-electron chi connectivity index (χ4n) is 11.5. The summed E-state index contributed by atoms with van der Waals surface area (Å²) in [7, 11) is 0. The van der Waals surface area contributed by atoms with Crippen LogP contribution in [-0.4, -0.2) is 11.7 Å². The molecule has 2 saturated carbocycles. The molecule has 0 spiro atoms. The van der Waals surface area contributed by atoms with Crippen molar-refractivity contribution in [2.45, 2.75) is 76.0 Å². The lowest BCUT2D eigenvalue weighted by Crippen LogP contribution is -2.61. The Morgan fingerprint density at radius 1 is 0.381 bits per heavy atom. The van der Waals surface area contributed by atoms with E-state index in [4.69, 9.17) is 4.98 Å². The monoisotopic (exact) mass is 813 g/mol. The van der Waals surface area contributed by atoms with E-state index in [2.05, 4.69) is 180 Å². The smallest absolute Gasteiger partial charge is 0.252 e. The maximum atomic E-state index is 5.00. The van der Waals surface area contributed by atoms with Gasteiger partial charge in [0.1, 0.15) is 0 Å². The first-order chi connectivity index (χ1) is 31.2. The van der Waals surface area contributed by atoms with E-state index >= 15 is 0 Å². The third-order valence-electron chi connectivity index (χ3n) is 14.7. The molecule has 0 radical (unpaired) electrons. The van der Waals surface area contributed by atoms with E-state index in [-0.39, 0.29) is 6.71 Å². The molecule has 0 unspecified atom stereocenters. The summed E-state index contributed by atoms with van der Waals surface area (Å²) in [6.07, 6.45) is 14.9. The van der Waals surface area contributed by atoms with E-state index in [1.807, 2.05) is 12.3 Å². The van der Waals surface area contributed by atoms with Crippen LogP contribution in [0.5, 0.6) is 0 Å². The van der Waals surface area contributed by atoms with Gasteiger partial charge < -0.3 is 9.80 Å². The van der Waals surface area contributed by atoms with Gasteiger partial charge in [0, 0.05) is 45.9 Å². The molecule has 7 aromatic carbocycles. The molecular weight excluding hydrogens is 761 g/mol. The number of hydrogen-bond donors (Lipinski definition) is 0. The van der Waals surface area contributed by atoms with E-state index < -0.39 is 0 Å². The topological polar surface area (TPSA) is 19.4 Å². The zero-order chi connectivity index (χ0) is 41.7. The van der Waals surface area contributed by atoms with Crippen molar-refractivity contribution in [1.29, 1.82) is 0 Å². The predicted molar refractivity (Wildman–Crippen MR) is 266 cm³/mol. The molecule has 12 rings (SSSR count). The fraction of sp³-hybridized carbons (Fsp3) is 0.203. The molecule has 0 atom stereocenters. The fourth-order valence-corrected chi connectivity index (χ4v) is 11.5. The third kappa shape index (κ3) is 6.88. The Balaban J connectivity index is 1.12. The van der Waals surface area contributed by atoms with Crippen LogP contribution in [0.1, 0.15) is 87.2 Å². The highest BCUT2D eigenvalue weighted by atomic mass is 15.2. The summed E-state index contributed by atoms with van der Waals surface area (Å²) >= 11 is 0. The van der Waals surface area contributed by atoms with Crippen LogP contribution < -0.4 is 26.2 Å². The van der Waals surface area contributed by atoms with E-state index in [1.54, 1.807) is 0 Å². The van der Waals surface area contributed by atoms with Crippen molar-refractivity contribution in [3.05, 3.63) is 193 Å². The highest BCUT2D eigenvalue weighted by Gasteiger charge is 2.44. The van der Waals surface area contributed by atoms with Crippen molar-refractivity contribution in [1.82, 2.24) is 4.98 Å². The average Bonchev–Trinajstić information content (AvgIpc) is 3.37. The highest BCUT2D eigenvalue weighted by molar-refractivity contribution is 7.00. The summed E-state index contributed by atoms with van der Waals surface area (Å²) in [6.45, 7) is 0.0679. The van der Waals surface area contributed by atoms with E-state index in [1.165, 1.54) is 148 Å². The van der Waals surface area contributed by atoms with Gasteiger partial charge in [-0.2, -0.15) is 0 Å². The number of rotatable bonds is 7. The maximum absolute atomic E-state index is 5.00. The van der Waals surface area contributed by atoms with E-state index in [0.717, 1.165) is 11.3 Å². The Labute approximate surface area is 373 Å². The second-order valence-electron chi connectivity index (χ2n) is 18.4. The summed E-state index contributed by atoms with van der Waals surface area (Å²) in [5, 5.41) is 0. The van der Waals surface area contributed by atoms with Crippen LogP contribution in [0.4, 0.5) is 34.1 Å². The molecule has 0 amide bonds. The molecule has 3 nitrogen and oxygen atoms in total. The number of benzene rings is 7. The van der Waals surface area contributed by atoms with Gasteiger partial charge in [0.25, 0.3) is 6.71 Å². The second-order valence-corrected chi connectivity index (χ2v) is 18.4. The molecule has 0 saturated heterocycles. The molecule has 8 aromatic rings. The van der Waals surface area contributed by atoms with Crippen LogP contribution in [0.2, 0.25) is 0 Å². The normalized spacial score (nSPS) is 16.0. The Hall–Kier alpha value is -6.65. The quantitative estimate of drug-likeness (QED) is 0.149. The number of aromatic nitrogens is 1. The molecule has 63 heavy (non-hydrogen) atoms. The van der Waals surface area contributed by atoms with Gasteiger partial charge in [-0.05, 0) is 148 Å². The minimum absolute atomic E-state index is 0.0679. The first kappa shape index (κ1) is 38.1. The molecule has 2 aliphatic carbocycles. The Kier molecular flexibility index (Phi) is 9.81. The molecule has 0 bridgehead atoms. The van der Waals surface area contributed by atoms with Crippen LogP contribution in [0.15, 0.2) is 182 Å². The molecule has 3 heterocycles. The summed E-state index contributed by atoms with van der Waals surface area (Å²) in [4.78, 5) is 10.2. The molecule has 0 N–H and O–H groups in total. The van der Waals surface area contributed by atoms with Crippen molar-refractivity contribution in [2.75, 3.05) is 9.80 Å². The largest absolute Gasteiger partial charge is 0.311 e. The van der Waals surface area contributed by atoms with Crippen molar-refractivity contribution >= 4 is 57.2 Å². The lowest BCUT2D eigenvalue weighted by Gasteiger charge is -2.45. The van der Waals surface area contributed by atoms with E-state index in [0.29, 0.717) is 11.8 Å². The van der Waals surface area contributed by atoms with Crippen molar-refractivity contribution in [3.63, 3.8) is 0 Å². The van der Waals surface area contributed by atoms with Crippen LogP contribution in [0.25, 0.3) is 33.5 Å². The summed E-state index contributed by atoms with van der Waals surface area (Å²) in [5.41, 5.74) is 21.5. The molecule has 1 aromatic heterocycles. The lowest BCUT2D eigenvalue weighted by atomic mass is 9.33. The van der Waals surface area contributed by atoms with Crippen molar-refractivity contribution < 1.29 is 0 Å². The Morgan fingerprint density at radius 2 is 0.825 bits per heavy atom. The van der Waals surface area contributed by atoms with Gasteiger partial charge in [-0.3, -0.25) is 4.98 Å². The number of nitrogens with zero attached hydrogens (tertiary/aromatic N) is 3. The average molecular weight is 814 g/mol. The molecule has 306 valence electrons. The Morgan fingerprint density at radius 3 is 1.27 bits per heavy atom. The Bertz CT molecular complexity index is 2720. The first-order valence-corrected chi connectivity index (χ1v) is 23.5. The second kappa shape index (κ2) is 16.2. The molecule has 4 heteroatoms. The van der Waals surface area contributed by atoms with Gasteiger partial charge in [-0.15, -0.1) is 0 Å². The van der Waals surface area contributed by atoms with Crippen LogP contribution in [0, 0.1) is 0 Å². The van der Waals surface area contributed by atoms with Gasteiger partial charge in [0.15, 0.2) is 0 Å². The number of fused-ring (bicyclic) bond motifs is 4. The highest BCUT2D eigenvalue weighted by Crippen LogP contribution is 2.48. The van der Waals surface area contributed by atoms with Crippen LogP contribution in [0.3, 0.4) is 0 Å². The molecule has 4 aliphatic rings.